The van der Waals surface area contributed by atoms with Crippen LogP contribution in [0.5, 0.6) is 0 Å². The lowest BCUT2D eigenvalue weighted by molar-refractivity contribution is 0.538. The average molecular weight is 280 g/mol. The predicted octanol–water partition coefficient (Wildman–Crippen LogP) is 4.72. The largest absolute Gasteiger partial charge is 0.258 e. The van der Waals surface area contributed by atoms with Gasteiger partial charge in [0.25, 0.3) is 0 Å². The molecule has 4 heteroatoms. The van der Waals surface area contributed by atoms with Gasteiger partial charge in [-0.05, 0) is 36.4 Å². The molecule has 1 N–H and O–H groups in total. The van der Waals surface area contributed by atoms with Gasteiger partial charge in [0, 0.05) is 6.54 Å². The molecule has 0 aliphatic carbocycles. The van der Waals surface area contributed by atoms with Crippen molar-refractivity contribution in [3.8, 4) is 0 Å². The summed E-state index contributed by atoms with van der Waals surface area (Å²) in [6, 6.07) is 8.29. The topological polar surface area (TPSA) is 24.9 Å². The van der Waals surface area contributed by atoms with E-state index >= 15 is 0 Å². The molecule has 0 unspecified atom stereocenters. The molecule has 0 radical (unpaired) electrons. The molecule has 0 amide bonds. The number of rotatable bonds is 7. The molecule has 0 saturated heterocycles. The van der Waals surface area contributed by atoms with Crippen LogP contribution in [0.4, 0.5) is 0 Å². The van der Waals surface area contributed by atoms with E-state index in [1.165, 1.54) is 24.0 Å². The maximum Gasteiger partial charge on any atom is 0.166 e. The molecule has 0 atom stereocenters. The minimum Gasteiger partial charge on any atom is -0.258 e. The van der Waals surface area contributed by atoms with Gasteiger partial charge in [0.2, 0.25) is 0 Å². The van der Waals surface area contributed by atoms with Crippen molar-refractivity contribution < 1.29 is 0 Å². The van der Waals surface area contributed by atoms with E-state index in [9.17, 15) is 0 Å². The lowest BCUT2D eigenvalue weighted by Gasteiger charge is -2.04. The molecule has 0 aliphatic rings. The fourth-order valence-corrected chi connectivity index (χ4v) is 3.58. The standard InChI is InChI=1S/C14H20N2S2/c1-11(2)7-5-6-10-15-18-14-16-12-8-3-4-9-13(12)17-14/h3-4,8-9,11,15H,5-7,10H2,1-2H3. The van der Waals surface area contributed by atoms with Gasteiger partial charge in [-0.15, -0.1) is 11.3 Å². The van der Waals surface area contributed by atoms with E-state index in [1.807, 2.05) is 6.07 Å². The third-order valence-corrected chi connectivity index (χ3v) is 4.69. The van der Waals surface area contributed by atoms with Gasteiger partial charge in [0.1, 0.15) is 0 Å². The van der Waals surface area contributed by atoms with Gasteiger partial charge in [-0.1, -0.05) is 38.8 Å². The van der Waals surface area contributed by atoms with Gasteiger partial charge in [0.15, 0.2) is 4.34 Å². The fourth-order valence-electron chi connectivity index (χ4n) is 1.76. The van der Waals surface area contributed by atoms with E-state index in [4.69, 9.17) is 0 Å². The molecular formula is C14H20N2S2. The van der Waals surface area contributed by atoms with Crippen LogP contribution < -0.4 is 4.72 Å². The normalized spacial score (nSPS) is 11.5. The highest BCUT2D eigenvalue weighted by Gasteiger charge is 2.03. The van der Waals surface area contributed by atoms with Gasteiger partial charge in [0.05, 0.1) is 10.2 Å². The first-order valence-electron chi connectivity index (χ1n) is 6.51. The molecule has 1 heterocycles. The number of benzene rings is 1. The minimum absolute atomic E-state index is 0.821. The van der Waals surface area contributed by atoms with Crippen molar-refractivity contribution in [3.63, 3.8) is 0 Å². The van der Waals surface area contributed by atoms with E-state index in [0.717, 1.165) is 22.3 Å². The van der Waals surface area contributed by atoms with Crippen molar-refractivity contribution >= 4 is 33.5 Å². The van der Waals surface area contributed by atoms with Gasteiger partial charge in [-0.25, -0.2) is 4.98 Å². The summed E-state index contributed by atoms with van der Waals surface area (Å²) in [4.78, 5) is 4.58. The summed E-state index contributed by atoms with van der Waals surface area (Å²) < 4.78 is 5.78. The number of nitrogens with one attached hydrogen (secondary N) is 1. The molecular weight excluding hydrogens is 260 g/mol. The van der Waals surface area contributed by atoms with Crippen LogP contribution in [0.3, 0.4) is 0 Å². The Hall–Kier alpha value is -0.580. The molecule has 0 fully saturated rings. The maximum absolute atomic E-state index is 4.58. The Morgan fingerprint density at radius 2 is 2.11 bits per heavy atom. The average Bonchev–Trinajstić information content (AvgIpc) is 2.75. The summed E-state index contributed by atoms with van der Waals surface area (Å²) in [5.74, 6) is 0.821. The Balaban J connectivity index is 1.70. The van der Waals surface area contributed by atoms with Crippen LogP contribution in [0, 0.1) is 5.92 Å². The zero-order valence-electron chi connectivity index (χ0n) is 11.0. The minimum atomic E-state index is 0.821. The zero-order chi connectivity index (χ0) is 12.8. The summed E-state index contributed by atoms with van der Waals surface area (Å²) in [7, 11) is 0. The van der Waals surface area contributed by atoms with E-state index in [1.54, 1.807) is 23.3 Å². The molecule has 0 bridgehead atoms. The molecule has 2 aromatic rings. The van der Waals surface area contributed by atoms with Gasteiger partial charge in [-0.2, -0.15) is 0 Å². The van der Waals surface area contributed by atoms with E-state index in [-0.39, 0.29) is 0 Å². The first-order chi connectivity index (χ1) is 8.75. The number of hydrogen-bond acceptors (Lipinski definition) is 4. The van der Waals surface area contributed by atoms with Crippen LogP contribution >= 0.6 is 23.3 Å². The lowest BCUT2D eigenvalue weighted by atomic mass is 10.1. The molecule has 0 aliphatic heterocycles. The number of thiazole rings is 1. The second-order valence-electron chi connectivity index (χ2n) is 4.83. The Kier molecular flexibility index (Phi) is 5.47. The SMILES string of the molecule is CC(C)CCCCNSc1nc2ccccc2s1. The number of aromatic nitrogens is 1. The number of fused-ring (bicyclic) bond motifs is 1. The number of para-hydroxylation sites is 1. The van der Waals surface area contributed by atoms with E-state index in [0.29, 0.717) is 0 Å². The summed E-state index contributed by atoms with van der Waals surface area (Å²) in [6.07, 6.45) is 3.88. The van der Waals surface area contributed by atoms with Crippen molar-refractivity contribution in [2.75, 3.05) is 6.54 Å². The molecule has 2 rings (SSSR count). The zero-order valence-corrected chi connectivity index (χ0v) is 12.6. The van der Waals surface area contributed by atoms with Gasteiger partial charge in [-0.3, -0.25) is 4.72 Å². The van der Waals surface area contributed by atoms with Crippen LogP contribution in [0.15, 0.2) is 28.6 Å². The molecule has 0 spiro atoms. The molecule has 98 valence electrons. The highest BCUT2D eigenvalue weighted by molar-refractivity contribution is 7.99. The number of hydrogen-bond donors (Lipinski definition) is 1. The molecule has 1 aromatic carbocycles. The fraction of sp³-hybridized carbons (Fsp3) is 0.500. The van der Waals surface area contributed by atoms with Crippen LogP contribution in [0.1, 0.15) is 33.1 Å². The van der Waals surface area contributed by atoms with Crippen LogP contribution in [-0.4, -0.2) is 11.5 Å². The second-order valence-corrected chi connectivity index (χ2v) is 7.00. The van der Waals surface area contributed by atoms with Crippen molar-refractivity contribution in [1.29, 1.82) is 0 Å². The van der Waals surface area contributed by atoms with Crippen molar-refractivity contribution in [1.82, 2.24) is 9.71 Å². The van der Waals surface area contributed by atoms with Crippen LogP contribution in [0.2, 0.25) is 0 Å². The maximum atomic E-state index is 4.58. The Bertz CT molecular complexity index is 446. The monoisotopic (exact) mass is 280 g/mol. The first kappa shape index (κ1) is 13.8. The quantitative estimate of drug-likeness (QED) is 0.587. The van der Waals surface area contributed by atoms with Crippen molar-refractivity contribution in [2.45, 2.75) is 37.4 Å². The van der Waals surface area contributed by atoms with Crippen molar-refractivity contribution in [3.05, 3.63) is 24.3 Å². The Morgan fingerprint density at radius 1 is 1.28 bits per heavy atom. The lowest BCUT2D eigenvalue weighted by Crippen LogP contribution is -2.05. The van der Waals surface area contributed by atoms with Crippen molar-refractivity contribution in [2.24, 2.45) is 5.92 Å². The summed E-state index contributed by atoms with van der Waals surface area (Å²) in [5, 5.41) is 0. The molecule has 18 heavy (non-hydrogen) atoms. The second kappa shape index (κ2) is 7.12. The molecule has 2 nitrogen and oxygen atoms in total. The van der Waals surface area contributed by atoms with E-state index in [2.05, 4.69) is 41.8 Å². The van der Waals surface area contributed by atoms with Gasteiger partial charge < -0.3 is 0 Å². The highest BCUT2D eigenvalue weighted by atomic mass is 32.2. The molecule has 1 aromatic heterocycles. The Morgan fingerprint density at radius 3 is 2.89 bits per heavy atom. The third kappa shape index (κ3) is 4.26. The molecule has 0 saturated carbocycles. The van der Waals surface area contributed by atoms with E-state index < -0.39 is 0 Å². The third-order valence-electron chi connectivity index (χ3n) is 2.74. The summed E-state index contributed by atoms with van der Waals surface area (Å²) >= 11 is 3.42. The number of unbranched alkanes of at least 4 members (excludes halogenated alkanes) is 1. The highest BCUT2D eigenvalue weighted by Crippen LogP contribution is 2.27. The van der Waals surface area contributed by atoms with Crippen LogP contribution in [0.25, 0.3) is 10.2 Å². The first-order valence-corrected chi connectivity index (χ1v) is 8.14. The summed E-state index contributed by atoms with van der Waals surface area (Å²) in [5.41, 5.74) is 1.10. The smallest absolute Gasteiger partial charge is 0.166 e. The van der Waals surface area contributed by atoms with Crippen LogP contribution in [-0.2, 0) is 0 Å². The Labute approximate surface area is 117 Å². The summed E-state index contributed by atoms with van der Waals surface area (Å²) in [6.45, 7) is 5.62. The van der Waals surface area contributed by atoms with Gasteiger partial charge >= 0.3 is 0 Å². The predicted molar refractivity (Wildman–Crippen MR) is 82.2 cm³/mol. The number of nitrogens with zero attached hydrogens (tertiary/aromatic N) is 1.